The molecule has 1 aromatic rings. The Kier molecular flexibility index (Phi) is 4.95. The maximum absolute atomic E-state index is 11.4. The first-order valence-electron chi connectivity index (χ1n) is 5.13. The van der Waals surface area contributed by atoms with Crippen LogP contribution in [0.4, 0.5) is 0 Å². The van der Waals surface area contributed by atoms with Gasteiger partial charge in [-0.05, 0) is 12.5 Å². The van der Waals surface area contributed by atoms with Gasteiger partial charge in [0.15, 0.2) is 6.10 Å². The SMILES string of the molecule is CCOC(=O)[C@H](O)[C@@H](OC)c1ccccc1. The van der Waals surface area contributed by atoms with Crippen LogP contribution in [-0.2, 0) is 14.3 Å². The van der Waals surface area contributed by atoms with Crippen molar-refractivity contribution in [2.24, 2.45) is 0 Å². The van der Waals surface area contributed by atoms with Crippen molar-refractivity contribution in [3.63, 3.8) is 0 Å². The molecule has 0 aliphatic rings. The zero-order chi connectivity index (χ0) is 12.0. The third kappa shape index (κ3) is 3.05. The number of methoxy groups -OCH3 is 1. The van der Waals surface area contributed by atoms with Crippen LogP contribution in [-0.4, -0.2) is 30.9 Å². The van der Waals surface area contributed by atoms with Crippen molar-refractivity contribution in [3.05, 3.63) is 35.9 Å². The number of carbonyl (C=O) groups is 1. The standard InChI is InChI=1S/C12H16O4/c1-3-16-12(14)10(13)11(15-2)9-7-5-4-6-8-9/h4-8,10-11,13H,3H2,1-2H3/t10-,11+/m1/s1. The third-order valence-corrected chi connectivity index (χ3v) is 2.20. The van der Waals surface area contributed by atoms with E-state index in [0.29, 0.717) is 0 Å². The summed E-state index contributed by atoms with van der Waals surface area (Å²) >= 11 is 0. The van der Waals surface area contributed by atoms with E-state index in [1.54, 1.807) is 19.1 Å². The number of aliphatic hydroxyl groups excluding tert-OH is 1. The average molecular weight is 224 g/mol. The maximum Gasteiger partial charge on any atom is 0.338 e. The van der Waals surface area contributed by atoms with Crippen molar-refractivity contribution in [2.75, 3.05) is 13.7 Å². The van der Waals surface area contributed by atoms with Crippen LogP contribution < -0.4 is 0 Å². The Morgan fingerprint density at radius 1 is 1.38 bits per heavy atom. The second-order valence-corrected chi connectivity index (χ2v) is 3.26. The molecule has 0 fully saturated rings. The molecule has 4 nitrogen and oxygen atoms in total. The van der Waals surface area contributed by atoms with E-state index in [1.807, 2.05) is 18.2 Å². The third-order valence-electron chi connectivity index (χ3n) is 2.20. The Balaban J connectivity index is 2.78. The number of aliphatic hydroxyl groups is 1. The molecule has 88 valence electrons. The second kappa shape index (κ2) is 6.25. The van der Waals surface area contributed by atoms with Crippen LogP contribution in [0, 0.1) is 0 Å². The molecule has 0 heterocycles. The summed E-state index contributed by atoms with van der Waals surface area (Å²) in [5.41, 5.74) is 0.741. The highest BCUT2D eigenvalue weighted by molar-refractivity contribution is 5.75. The fourth-order valence-electron chi connectivity index (χ4n) is 1.44. The van der Waals surface area contributed by atoms with E-state index >= 15 is 0 Å². The summed E-state index contributed by atoms with van der Waals surface area (Å²) in [7, 11) is 1.44. The van der Waals surface area contributed by atoms with E-state index in [4.69, 9.17) is 9.47 Å². The molecule has 0 unspecified atom stereocenters. The molecular weight excluding hydrogens is 208 g/mol. The number of benzene rings is 1. The predicted molar refractivity (Wildman–Crippen MR) is 58.8 cm³/mol. The first kappa shape index (κ1) is 12.7. The van der Waals surface area contributed by atoms with Crippen LogP contribution in [0.1, 0.15) is 18.6 Å². The van der Waals surface area contributed by atoms with Crippen molar-refractivity contribution in [1.82, 2.24) is 0 Å². The Morgan fingerprint density at radius 2 is 2.00 bits per heavy atom. The van der Waals surface area contributed by atoms with Gasteiger partial charge in [-0.3, -0.25) is 0 Å². The minimum Gasteiger partial charge on any atom is -0.464 e. The highest BCUT2D eigenvalue weighted by atomic mass is 16.6. The molecule has 4 heteroatoms. The van der Waals surface area contributed by atoms with Gasteiger partial charge in [0, 0.05) is 7.11 Å². The minimum atomic E-state index is -1.30. The Hall–Kier alpha value is -1.39. The molecule has 0 bridgehead atoms. The van der Waals surface area contributed by atoms with Crippen LogP contribution in [0.25, 0.3) is 0 Å². The molecule has 1 N–H and O–H groups in total. The van der Waals surface area contributed by atoms with Gasteiger partial charge < -0.3 is 14.6 Å². The summed E-state index contributed by atoms with van der Waals surface area (Å²) in [5, 5.41) is 9.76. The summed E-state index contributed by atoms with van der Waals surface area (Å²) in [4.78, 5) is 11.4. The van der Waals surface area contributed by atoms with Gasteiger partial charge in [0.2, 0.25) is 0 Å². The van der Waals surface area contributed by atoms with E-state index < -0.39 is 18.2 Å². The predicted octanol–water partition coefficient (Wildman–Crippen LogP) is 1.30. The minimum absolute atomic E-state index is 0.237. The average Bonchev–Trinajstić information content (AvgIpc) is 2.31. The van der Waals surface area contributed by atoms with Crippen LogP contribution in [0.2, 0.25) is 0 Å². The molecule has 0 amide bonds. The normalized spacial score (nSPS) is 14.2. The number of esters is 1. The molecule has 1 rings (SSSR count). The van der Waals surface area contributed by atoms with E-state index in [0.717, 1.165) is 5.56 Å². The Labute approximate surface area is 94.8 Å². The molecule has 0 aliphatic carbocycles. The molecule has 0 aromatic heterocycles. The molecule has 0 spiro atoms. The van der Waals surface area contributed by atoms with Gasteiger partial charge in [0.25, 0.3) is 0 Å². The fraction of sp³-hybridized carbons (Fsp3) is 0.417. The van der Waals surface area contributed by atoms with Crippen molar-refractivity contribution >= 4 is 5.97 Å². The lowest BCUT2D eigenvalue weighted by Crippen LogP contribution is -2.31. The summed E-state index contributed by atoms with van der Waals surface area (Å²) in [5.74, 6) is -0.668. The van der Waals surface area contributed by atoms with Gasteiger partial charge in [-0.15, -0.1) is 0 Å². The van der Waals surface area contributed by atoms with Crippen LogP contribution in [0.5, 0.6) is 0 Å². The summed E-state index contributed by atoms with van der Waals surface area (Å²) in [6.07, 6.45) is -1.99. The quantitative estimate of drug-likeness (QED) is 0.766. The lowest BCUT2D eigenvalue weighted by molar-refractivity contribution is -0.161. The van der Waals surface area contributed by atoms with E-state index in [-0.39, 0.29) is 6.61 Å². The van der Waals surface area contributed by atoms with Gasteiger partial charge in [0.05, 0.1) is 6.61 Å². The number of carbonyl (C=O) groups excluding carboxylic acids is 1. The monoisotopic (exact) mass is 224 g/mol. The molecule has 0 saturated carbocycles. The molecule has 1 aromatic carbocycles. The largest absolute Gasteiger partial charge is 0.464 e. The van der Waals surface area contributed by atoms with E-state index in [2.05, 4.69) is 0 Å². The van der Waals surface area contributed by atoms with Crippen molar-refractivity contribution in [2.45, 2.75) is 19.1 Å². The summed E-state index contributed by atoms with van der Waals surface area (Å²) in [6, 6.07) is 9.07. The first-order chi connectivity index (χ1) is 7.70. The molecule has 0 aliphatic heterocycles. The lowest BCUT2D eigenvalue weighted by atomic mass is 10.0. The Bertz CT molecular complexity index is 323. The van der Waals surface area contributed by atoms with Gasteiger partial charge in [-0.2, -0.15) is 0 Å². The fourth-order valence-corrected chi connectivity index (χ4v) is 1.44. The smallest absolute Gasteiger partial charge is 0.338 e. The molecule has 16 heavy (non-hydrogen) atoms. The number of rotatable bonds is 5. The number of hydrogen-bond acceptors (Lipinski definition) is 4. The Morgan fingerprint density at radius 3 is 2.50 bits per heavy atom. The molecular formula is C12H16O4. The zero-order valence-corrected chi connectivity index (χ0v) is 9.42. The van der Waals surface area contributed by atoms with Gasteiger partial charge in [-0.1, -0.05) is 30.3 Å². The molecule has 0 saturated heterocycles. The van der Waals surface area contributed by atoms with Crippen molar-refractivity contribution in [1.29, 1.82) is 0 Å². The van der Waals surface area contributed by atoms with Crippen LogP contribution in [0.15, 0.2) is 30.3 Å². The lowest BCUT2D eigenvalue weighted by Gasteiger charge is -2.20. The first-order valence-corrected chi connectivity index (χ1v) is 5.13. The maximum atomic E-state index is 11.4. The van der Waals surface area contributed by atoms with Crippen LogP contribution in [0.3, 0.4) is 0 Å². The number of hydrogen-bond donors (Lipinski definition) is 1. The van der Waals surface area contributed by atoms with Crippen molar-refractivity contribution in [3.8, 4) is 0 Å². The zero-order valence-electron chi connectivity index (χ0n) is 9.42. The molecule has 0 radical (unpaired) electrons. The highest BCUT2D eigenvalue weighted by Crippen LogP contribution is 2.21. The molecule has 2 atom stereocenters. The van der Waals surface area contributed by atoms with E-state index in [9.17, 15) is 9.90 Å². The summed E-state index contributed by atoms with van der Waals surface area (Å²) < 4.78 is 9.85. The summed E-state index contributed by atoms with van der Waals surface area (Å²) in [6.45, 7) is 1.93. The van der Waals surface area contributed by atoms with Gasteiger partial charge in [-0.25, -0.2) is 4.79 Å². The highest BCUT2D eigenvalue weighted by Gasteiger charge is 2.28. The van der Waals surface area contributed by atoms with Gasteiger partial charge in [0.1, 0.15) is 6.10 Å². The van der Waals surface area contributed by atoms with Crippen molar-refractivity contribution < 1.29 is 19.4 Å². The van der Waals surface area contributed by atoms with Gasteiger partial charge >= 0.3 is 5.97 Å². The van der Waals surface area contributed by atoms with Crippen LogP contribution >= 0.6 is 0 Å². The van der Waals surface area contributed by atoms with E-state index in [1.165, 1.54) is 7.11 Å². The topological polar surface area (TPSA) is 55.8 Å². The number of ether oxygens (including phenoxy) is 2. The second-order valence-electron chi connectivity index (χ2n) is 3.26.